The number of hydrogen-bond donors (Lipinski definition) is 1. The minimum Gasteiger partial charge on any atom is -0.399 e. The molecule has 1 aromatic heterocycles. The molecule has 0 radical (unpaired) electrons. The first-order valence-electron chi connectivity index (χ1n) is 6.20. The van der Waals surface area contributed by atoms with Crippen molar-refractivity contribution in [2.75, 3.05) is 12.3 Å². The van der Waals surface area contributed by atoms with Crippen LogP contribution < -0.4 is 5.73 Å². The van der Waals surface area contributed by atoms with Crippen molar-refractivity contribution in [3.63, 3.8) is 0 Å². The van der Waals surface area contributed by atoms with E-state index in [1.54, 1.807) is 6.20 Å². The van der Waals surface area contributed by atoms with Gasteiger partial charge in [-0.1, -0.05) is 12.8 Å². The Bertz CT molecular complexity index is 338. The molecule has 1 atom stereocenters. The van der Waals surface area contributed by atoms with E-state index >= 15 is 0 Å². The van der Waals surface area contributed by atoms with Gasteiger partial charge in [0.15, 0.2) is 0 Å². The lowest BCUT2D eigenvalue weighted by Gasteiger charge is -2.26. The first-order chi connectivity index (χ1) is 7.75. The lowest BCUT2D eigenvalue weighted by atomic mass is 10.1. The largest absolute Gasteiger partial charge is 0.399 e. The third-order valence-electron chi connectivity index (χ3n) is 3.40. The Morgan fingerprint density at radius 2 is 2.31 bits per heavy atom. The average molecular weight is 219 g/mol. The molecule has 16 heavy (non-hydrogen) atoms. The van der Waals surface area contributed by atoms with Crippen molar-refractivity contribution < 1.29 is 0 Å². The standard InChI is InChI=1S/C13H21N3/c1-11-5-3-2-4-8-16(11)10-13-9-12(14)6-7-15-13/h6-7,9,11H,2-5,8,10H2,1H3,(H2,14,15). The predicted molar refractivity (Wildman–Crippen MR) is 67.0 cm³/mol. The van der Waals surface area contributed by atoms with Crippen LogP contribution >= 0.6 is 0 Å². The second kappa shape index (κ2) is 5.30. The molecule has 0 saturated carbocycles. The molecule has 0 amide bonds. The van der Waals surface area contributed by atoms with Gasteiger partial charge < -0.3 is 5.73 Å². The maximum Gasteiger partial charge on any atom is 0.0564 e. The number of likely N-dealkylation sites (tertiary alicyclic amines) is 1. The van der Waals surface area contributed by atoms with E-state index in [1.165, 1.54) is 32.2 Å². The number of nitrogens with two attached hydrogens (primary N) is 1. The summed E-state index contributed by atoms with van der Waals surface area (Å²) < 4.78 is 0. The van der Waals surface area contributed by atoms with Crippen molar-refractivity contribution in [3.05, 3.63) is 24.0 Å². The van der Waals surface area contributed by atoms with Gasteiger partial charge in [0.05, 0.1) is 5.69 Å². The van der Waals surface area contributed by atoms with Crippen LogP contribution in [0.1, 0.15) is 38.3 Å². The van der Waals surface area contributed by atoms with Crippen molar-refractivity contribution >= 4 is 5.69 Å². The fourth-order valence-corrected chi connectivity index (χ4v) is 2.36. The molecule has 3 nitrogen and oxygen atoms in total. The van der Waals surface area contributed by atoms with Crippen LogP contribution in [0.3, 0.4) is 0 Å². The number of pyridine rings is 1. The highest BCUT2D eigenvalue weighted by atomic mass is 15.2. The van der Waals surface area contributed by atoms with Crippen LogP contribution in [-0.2, 0) is 6.54 Å². The Balaban J connectivity index is 2.02. The minimum absolute atomic E-state index is 0.672. The quantitative estimate of drug-likeness (QED) is 0.830. The third kappa shape index (κ3) is 2.95. The molecule has 3 heteroatoms. The van der Waals surface area contributed by atoms with E-state index in [0.717, 1.165) is 17.9 Å². The summed E-state index contributed by atoms with van der Waals surface area (Å²) in [6.07, 6.45) is 7.15. The fraction of sp³-hybridized carbons (Fsp3) is 0.615. The van der Waals surface area contributed by atoms with E-state index in [0.29, 0.717) is 6.04 Å². The third-order valence-corrected chi connectivity index (χ3v) is 3.40. The Morgan fingerprint density at radius 1 is 1.44 bits per heavy atom. The van der Waals surface area contributed by atoms with Gasteiger partial charge >= 0.3 is 0 Å². The van der Waals surface area contributed by atoms with Crippen molar-refractivity contribution in [1.82, 2.24) is 9.88 Å². The molecule has 1 aromatic rings. The molecule has 1 unspecified atom stereocenters. The van der Waals surface area contributed by atoms with Crippen molar-refractivity contribution in [3.8, 4) is 0 Å². The molecule has 0 aromatic carbocycles. The zero-order chi connectivity index (χ0) is 11.4. The van der Waals surface area contributed by atoms with Gasteiger partial charge in [0, 0.05) is 24.5 Å². The summed E-state index contributed by atoms with van der Waals surface area (Å²) in [5, 5.41) is 0. The number of nitrogen functional groups attached to an aromatic ring is 1. The molecule has 88 valence electrons. The molecule has 1 aliphatic heterocycles. The molecule has 0 aliphatic carbocycles. The second-order valence-electron chi connectivity index (χ2n) is 4.75. The summed E-state index contributed by atoms with van der Waals surface area (Å²) in [6, 6.07) is 4.50. The molecule has 2 N–H and O–H groups in total. The van der Waals surface area contributed by atoms with Crippen LogP contribution in [0.2, 0.25) is 0 Å². The Kier molecular flexibility index (Phi) is 3.78. The first-order valence-corrected chi connectivity index (χ1v) is 6.20. The van der Waals surface area contributed by atoms with Crippen molar-refractivity contribution in [2.24, 2.45) is 0 Å². The second-order valence-corrected chi connectivity index (χ2v) is 4.75. The molecular weight excluding hydrogens is 198 g/mol. The van der Waals surface area contributed by atoms with Crippen LogP contribution in [0.15, 0.2) is 18.3 Å². The summed E-state index contributed by atoms with van der Waals surface area (Å²) in [5.41, 5.74) is 7.67. The zero-order valence-electron chi connectivity index (χ0n) is 10.0. The summed E-state index contributed by atoms with van der Waals surface area (Å²) >= 11 is 0. The number of aromatic nitrogens is 1. The minimum atomic E-state index is 0.672. The lowest BCUT2D eigenvalue weighted by Crippen LogP contribution is -2.32. The first kappa shape index (κ1) is 11.4. The molecule has 2 rings (SSSR count). The average Bonchev–Trinajstić information content (AvgIpc) is 2.45. The highest BCUT2D eigenvalue weighted by molar-refractivity contribution is 5.37. The van der Waals surface area contributed by atoms with Gasteiger partial charge in [-0.15, -0.1) is 0 Å². The van der Waals surface area contributed by atoms with E-state index in [4.69, 9.17) is 5.73 Å². The number of anilines is 1. The maximum absolute atomic E-state index is 5.77. The van der Waals surface area contributed by atoms with Crippen LogP contribution in [0.5, 0.6) is 0 Å². The lowest BCUT2D eigenvalue weighted by molar-refractivity contribution is 0.202. The van der Waals surface area contributed by atoms with Gasteiger partial charge in [0.2, 0.25) is 0 Å². The van der Waals surface area contributed by atoms with Crippen molar-refractivity contribution in [2.45, 2.75) is 45.2 Å². The smallest absolute Gasteiger partial charge is 0.0564 e. The molecular formula is C13H21N3. The number of rotatable bonds is 2. The van der Waals surface area contributed by atoms with Crippen LogP contribution in [0.25, 0.3) is 0 Å². The van der Waals surface area contributed by atoms with Gasteiger partial charge in [-0.2, -0.15) is 0 Å². The zero-order valence-corrected chi connectivity index (χ0v) is 10.0. The molecule has 1 saturated heterocycles. The van der Waals surface area contributed by atoms with Gasteiger partial charge in [-0.3, -0.25) is 9.88 Å². The Morgan fingerprint density at radius 3 is 3.12 bits per heavy atom. The number of hydrogen-bond acceptors (Lipinski definition) is 3. The molecule has 0 spiro atoms. The van der Waals surface area contributed by atoms with Crippen LogP contribution in [0.4, 0.5) is 5.69 Å². The maximum atomic E-state index is 5.77. The number of nitrogens with zero attached hydrogens (tertiary/aromatic N) is 2. The van der Waals surface area contributed by atoms with E-state index in [-0.39, 0.29) is 0 Å². The summed E-state index contributed by atoms with van der Waals surface area (Å²) in [5.74, 6) is 0. The van der Waals surface area contributed by atoms with Crippen LogP contribution in [0, 0.1) is 0 Å². The van der Waals surface area contributed by atoms with E-state index in [1.807, 2.05) is 12.1 Å². The van der Waals surface area contributed by atoms with Crippen molar-refractivity contribution in [1.29, 1.82) is 0 Å². The SMILES string of the molecule is CC1CCCCCN1Cc1cc(N)ccn1. The van der Waals surface area contributed by atoms with E-state index in [2.05, 4.69) is 16.8 Å². The fourth-order valence-electron chi connectivity index (χ4n) is 2.36. The molecule has 0 bridgehead atoms. The van der Waals surface area contributed by atoms with E-state index < -0.39 is 0 Å². The predicted octanol–water partition coefficient (Wildman–Crippen LogP) is 2.43. The molecule has 2 heterocycles. The van der Waals surface area contributed by atoms with Gasteiger partial charge in [-0.05, 0) is 38.4 Å². The Hall–Kier alpha value is -1.09. The normalized spacial score (nSPS) is 22.9. The Labute approximate surface area is 97.7 Å². The molecule has 1 aliphatic rings. The molecule has 1 fully saturated rings. The highest BCUT2D eigenvalue weighted by Gasteiger charge is 2.17. The topological polar surface area (TPSA) is 42.1 Å². The summed E-state index contributed by atoms with van der Waals surface area (Å²) in [6.45, 7) is 4.45. The van der Waals surface area contributed by atoms with Gasteiger partial charge in [-0.25, -0.2) is 0 Å². The summed E-state index contributed by atoms with van der Waals surface area (Å²) in [7, 11) is 0. The van der Waals surface area contributed by atoms with Crippen LogP contribution in [-0.4, -0.2) is 22.5 Å². The highest BCUT2D eigenvalue weighted by Crippen LogP contribution is 2.18. The summed E-state index contributed by atoms with van der Waals surface area (Å²) in [4.78, 5) is 6.90. The monoisotopic (exact) mass is 219 g/mol. The van der Waals surface area contributed by atoms with Gasteiger partial charge in [0.1, 0.15) is 0 Å². The van der Waals surface area contributed by atoms with Gasteiger partial charge in [0.25, 0.3) is 0 Å². The van der Waals surface area contributed by atoms with E-state index in [9.17, 15) is 0 Å².